The number of benzene rings is 3. The van der Waals surface area contributed by atoms with Crippen LogP contribution in [0.3, 0.4) is 0 Å². The van der Waals surface area contributed by atoms with Crippen LogP contribution in [0, 0.1) is 46.9 Å². The second-order valence-electron chi connectivity index (χ2n) is 12.2. The van der Waals surface area contributed by atoms with Gasteiger partial charge >= 0.3 is 0 Å². The molecule has 0 N–H and O–H groups in total. The molecule has 0 spiro atoms. The summed E-state index contributed by atoms with van der Waals surface area (Å²) >= 11 is 0. The van der Waals surface area contributed by atoms with Gasteiger partial charge in [0.15, 0.2) is 23.1 Å². The van der Waals surface area contributed by atoms with Gasteiger partial charge in [-0.3, -0.25) is 0 Å². The number of ether oxygens (including phenoxy) is 2. The molecule has 4 atom stereocenters. The first-order valence-electron chi connectivity index (χ1n) is 15.7. The second kappa shape index (κ2) is 14.0. The molecular weight excluding hydrogens is 540 g/mol. The van der Waals surface area contributed by atoms with Gasteiger partial charge in [-0.2, -0.15) is 8.78 Å². The van der Waals surface area contributed by atoms with Crippen LogP contribution in [-0.4, -0.2) is 6.61 Å². The number of halogens is 4. The van der Waals surface area contributed by atoms with Crippen molar-refractivity contribution in [1.29, 1.82) is 0 Å². The molecule has 2 nitrogen and oxygen atoms in total. The monoisotopic (exact) mass is 582 g/mol. The van der Waals surface area contributed by atoms with Gasteiger partial charge in [-0.25, -0.2) is 8.78 Å². The molecule has 0 heterocycles. The highest BCUT2D eigenvalue weighted by Crippen LogP contribution is 2.46. The summed E-state index contributed by atoms with van der Waals surface area (Å²) in [6.07, 6.45) is 13.4. The standard InChI is InChI=1S/C36H42F4O2/c1-3-5-24-12-14-28-21-25(13-15-27(28)20-24)9-6-23-7-10-26(11-8-23)22-42-32-19-17-30(34(38)36(32)40)29-16-18-31(41-4-2)35(39)33(29)37/h7-8,10-11,16-19,24-25,27-28H,3-6,9,12-15,20-22H2,1-2H3. The molecule has 2 aliphatic carbocycles. The summed E-state index contributed by atoms with van der Waals surface area (Å²) in [4.78, 5) is 0. The third kappa shape index (κ3) is 6.95. The minimum Gasteiger partial charge on any atom is -0.491 e. The number of hydrogen-bond acceptors (Lipinski definition) is 2. The third-order valence-corrected chi connectivity index (χ3v) is 9.47. The van der Waals surface area contributed by atoms with Crippen molar-refractivity contribution < 1.29 is 27.0 Å². The molecule has 6 heteroatoms. The minimum atomic E-state index is -1.30. The van der Waals surface area contributed by atoms with Gasteiger partial charge in [0, 0.05) is 11.1 Å². The first-order chi connectivity index (χ1) is 20.4. The van der Waals surface area contributed by atoms with Crippen LogP contribution in [0.1, 0.15) is 82.8 Å². The third-order valence-electron chi connectivity index (χ3n) is 9.47. The lowest BCUT2D eigenvalue weighted by Crippen LogP contribution is -2.31. The Morgan fingerprint density at radius 2 is 1.12 bits per heavy atom. The zero-order valence-electron chi connectivity index (χ0n) is 24.7. The zero-order valence-corrected chi connectivity index (χ0v) is 24.7. The van der Waals surface area contributed by atoms with Gasteiger partial charge in [0.1, 0.15) is 6.61 Å². The Hall–Kier alpha value is -3.02. The topological polar surface area (TPSA) is 18.5 Å². The van der Waals surface area contributed by atoms with Crippen molar-refractivity contribution in [1.82, 2.24) is 0 Å². The van der Waals surface area contributed by atoms with Crippen molar-refractivity contribution in [2.45, 2.75) is 84.7 Å². The number of hydrogen-bond donors (Lipinski definition) is 0. The highest BCUT2D eigenvalue weighted by Gasteiger charge is 2.35. The van der Waals surface area contributed by atoms with E-state index in [0.29, 0.717) is 0 Å². The van der Waals surface area contributed by atoms with Crippen LogP contribution in [0.15, 0.2) is 48.5 Å². The average Bonchev–Trinajstić information content (AvgIpc) is 3.00. The summed E-state index contributed by atoms with van der Waals surface area (Å²) in [7, 11) is 0. The number of fused-ring (bicyclic) bond motifs is 1. The molecule has 2 saturated carbocycles. The fraction of sp³-hybridized carbons (Fsp3) is 0.500. The highest BCUT2D eigenvalue weighted by atomic mass is 19.2. The van der Waals surface area contributed by atoms with Gasteiger partial charge in [0.2, 0.25) is 11.6 Å². The quantitative estimate of drug-likeness (QED) is 0.209. The van der Waals surface area contributed by atoms with Crippen molar-refractivity contribution in [3.8, 4) is 22.6 Å². The van der Waals surface area contributed by atoms with Crippen molar-refractivity contribution in [3.63, 3.8) is 0 Å². The van der Waals surface area contributed by atoms with Gasteiger partial charge in [-0.05, 0) is 105 Å². The predicted molar refractivity (Wildman–Crippen MR) is 159 cm³/mol. The summed E-state index contributed by atoms with van der Waals surface area (Å²) in [6.45, 7) is 4.15. The van der Waals surface area contributed by atoms with Gasteiger partial charge in [0.05, 0.1) is 6.61 Å². The Morgan fingerprint density at radius 1 is 0.595 bits per heavy atom. The van der Waals surface area contributed by atoms with Gasteiger partial charge in [0.25, 0.3) is 0 Å². The Kier molecular flexibility index (Phi) is 10.1. The van der Waals surface area contributed by atoms with Crippen LogP contribution >= 0.6 is 0 Å². The van der Waals surface area contributed by atoms with Crippen molar-refractivity contribution in [3.05, 3.63) is 82.9 Å². The molecule has 4 unspecified atom stereocenters. The van der Waals surface area contributed by atoms with E-state index in [1.54, 1.807) is 6.92 Å². The lowest BCUT2D eigenvalue weighted by molar-refractivity contribution is 0.0921. The smallest absolute Gasteiger partial charge is 0.201 e. The molecule has 5 rings (SSSR count). The summed E-state index contributed by atoms with van der Waals surface area (Å²) in [5.74, 6) is -1.99. The number of aryl methyl sites for hydroxylation is 1. The van der Waals surface area contributed by atoms with Crippen molar-refractivity contribution >= 4 is 0 Å². The Bertz CT molecular complexity index is 1340. The van der Waals surface area contributed by atoms with Crippen LogP contribution < -0.4 is 9.47 Å². The maximum Gasteiger partial charge on any atom is 0.201 e. The molecular formula is C36H42F4O2. The molecule has 3 aromatic carbocycles. The Balaban J connectivity index is 1.13. The van der Waals surface area contributed by atoms with Crippen LogP contribution in [0.25, 0.3) is 11.1 Å². The van der Waals surface area contributed by atoms with Crippen LogP contribution in [0.4, 0.5) is 17.6 Å². The minimum absolute atomic E-state index is 0.0623. The molecule has 0 amide bonds. The maximum atomic E-state index is 14.9. The first kappa shape index (κ1) is 30.4. The van der Waals surface area contributed by atoms with Crippen LogP contribution in [0.2, 0.25) is 0 Å². The molecule has 2 aliphatic rings. The lowest BCUT2D eigenvalue weighted by Gasteiger charge is -2.42. The van der Waals surface area contributed by atoms with Crippen molar-refractivity contribution in [2.24, 2.45) is 23.7 Å². The summed E-state index contributed by atoms with van der Waals surface area (Å²) in [5, 5.41) is 0. The number of rotatable bonds is 11. The van der Waals surface area contributed by atoms with E-state index in [2.05, 4.69) is 19.1 Å². The fourth-order valence-corrected chi connectivity index (χ4v) is 7.21. The Morgan fingerprint density at radius 3 is 1.67 bits per heavy atom. The largest absolute Gasteiger partial charge is 0.491 e. The van der Waals surface area contributed by atoms with E-state index >= 15 is 0 Å². The highest BCUT2D eigenvalue weighted by molar-refractivity contribution is 5.67. The molecule has 0 saturated heterocycles. The summed E-state index contributed by atoms with van der Waals surface area (Å²) < 4.78 is 69.2. The fourth-order valence-electron chi connectivity index (χ4n) is 7.21. The molecule has 0 aliphatic heterocycles. The molecule has 2 fully saturated rings. The van der Waals surface area contributed by atoms with E-state index in [-0.39, 0.29) is 35.8 Å². The van der Waals surface area contributed by atoms with E-state index in [0.717, 1.165) is 35.7 Å². The zero-order chi connectivity index (χ0) is 29.6. The second-order valence-corrected chi connectivity index (χ2v) is 12.2. The molecule has 226 valence electrons. The maximum absolute atomic E-state index is 14.9. The Labute approximate surface area is 247 Å². The van der Waals surface area contributed by atoms with Gasteiger partial charge in [-0.1, -0.05) is 56.9 Å². The molecule has 0 radical (unpaired) electrons. The molecule has 0 bridgehead atoms. The lowest BCUT2D eigenvalue weighted by atomic mass is 9.63. The molecule has 0 aromatic heterocycles. The van der Waals surface area contributed by atoms with Gasteiger partial charge < -0.3 is 9.47 Å². The predicted octanol–water partition coefficient (Wildman–Crippen LogP) is 10.5. The van der Waals surface area contributed by atoms with E-state index in [9.17, 15) is 17.6 Å². The van der Waals surface area contributed by atoms with E-state index < -0.39 is 23.3 Å². The normalized spacial score (nSPS) is 22.0. The van der Waals surface area contributed by atoms with E-state index in [1.165, 1.54) is 87.6 Å². The SMILES string of the molecule is CCCC1CCC2CC(CCc3ccc(COc4ccc(-c5ccc(OCC)c(F)c5F)c(F)c4F)cc3)CCC2C1. The molecule has 42 heavy (non-hydrogen) atoms. The van der Waals surface area contributed by atoms with Crippen molar-refractivity contribution in [2.75, 3.05) is 6.61 Å². The molecule has 3 aromatic rings. The van der Waals surface area contributed by atoms with E-state index in [4.69, 9.17) is 9.47 Å². The van der Waals surface area contributed by atoms with E-state index in [1.807, 2.05) is 12.1 Å². The summed E-state index contributed by atoms with van der Waals surface area (Å²) in [6, 6.07) is 12.9. The first-order valence-corrected chi connectivity index (χ1v) is 15.7. The van der Waals surface area contributed by atoms with Crippen LogP contribution in [0.5, 0.6) is 11.5 Å². The average molecular weight is 583 g/mol. The summed E-state index contributed by atoms with van der Waals surface area (Å²) in [5.41, 5.74) is 1.34. The van der Waals surface area contributed by atoms with Gasteiger partial charge in [-0.15, -0.1) is 0 Å². The van der Waals surface area contributed by atoms with Crippen LogP contribution in [-0.2, 0) is 13.0 Å².